The van der Waals surface area contributed by atoms with Gasteiger partial charge in [0.15, 0.2) is 0 Å². The van der Waals surface area contributed by atoms with Gasteiger partial charge in [0.1, 0.15) is 11.9 Å². The Morgan fingerprint density at radius 1 is 1.19 bits per heavy atom. The number of ether oxygens (including phenoxy) is 1. The van der Waals surface area contributed by atoms with Gasteiger partial charge in [-0.25, -0.2) is 0 Å². The molecule has 21 heavy (non-hydrogen) atoms. The van der Waals surface area contributed by atoms with E-state index >= 15 is 0 Å². The lowest BCUT2D eigenvalue weighted by Gasteiger charge is -2.51. The first-order chi connectivity index (χ1) is 10.1. The minimum absolute atomic E-state index is 0.280. The Kier molecular flexibility index (Phi) is 4.43. The number of likely N-dealkylation sites (tertiary alicyclic amines) is 1. The van der Waals surface area contributed by atoms with E-state index in [0.29, 0.717) is 17.9 Å². The van der Waals surface area contributed by atoms with Gasteiger partial charge in [0.05, 0.1) is 5.02 Å². The summed E-state index contributed by atoms with van der Waals surface area (Å²) in [7, 11) is 6.60. The standard InChI is InChI=1S/C17H25ClN2O/c1-19(2)15-9-8-12-10-20(3)11-13(15)17(12)21-16-7-5-4-6-14(16)18/h4-7,12-13,15,17H,8-11H2,1-3H3/t12?,13?,15-,17-/m1/s1. The molecule has 1 aliphatic carbocycles. The number of hydrogen-bond acceptors (Lipinski definition) is 3. The molecular weight excluding hydrogens is 284 g/mol. The molecule has 1 saturated heterocycles. The second kappa shape index (κ2) is 6.15. The Hall–Kier alpha value is -0.770. The number of benzene rings is 1. The first kappa shape index (κ1) is 15.1. The van der Waals surface area contributed by atoms with Gasteiger partial charge in [-0.1, -0.05) is 23.7 Å². The van der Waals surface area contributed by atoms with Crippen LogP contribution in [0.2, 0.25) is 5.02 Å². The molecule has 3 rings (SSSR count). The van der Waals surface area contributed by atoms with Crippen LogP contribution in [0.15, 0.2) is 24.3 Å². The van der Waals surface area contributed by atoms with Crippen LogP contribution in [0.3, 0.4) is 0 Å². The number of hydrogen-bond donors (Lipinski definition) is 0. The van der Waals surface area contributed by atoms with Crippen molar-refractivity contribution in [2.75, 3.05) is 34.2 Å². The number of para-hydroxylation sites is 1. The predicted molar refractivity (Wildman–Crippen MR) is 87.1 cm³/mol. The van der Waals surface area contributed by atoms with Crippen LogP contribution in [0, 0.1) is 11.8 Å². The molecule has 3 nitrogen and oxygen atoms in total. The minimum atomic E-state index is 0.280. The molecule has 2 aliphatic rings. The smallest absolute Gasteiger partial charge is 0.138 e. The molecule has 4 atom stereocenters. The molecule has 0 radical (unpaired) electrons. The summed E-state index contributed by atoms with van der Waals surface area (Å²) in [5, 5.41) is 0.718. The Morgan fingerprint density at radius 2 is 1.95 bits per heavy atom. The maximum absolute atomic E-state index is 6.40. The van der Waals surface area contributed by atoms with Gasteiger partial charge in [-0.15, -0.1) is 0 Å². The molecule has 0 spiro atoms. The number of fused-ring (bicyclic) bond motifs is 2. The van der Waals surface area contributed by atoms with E-state index in [-0.39, 0.29) is 6.10 Å². The fraction of sp³-hybridized carbons (Fsp3) is 0.647. The third kappa shape index (κ3) is 3.05. The lowest BCUT2D eigenvalue weighted by Crippen LogP contribution is -2.60. The highest BCUT2D eigenvalue weighted by molar-refractivity contribution is 6.32. The molecule has 1 saturated carbocycles. The van der Waals surface area contributed by atoms with Crippen LogP contribution in [0.25, 0.3) is 0 Å². The van der Waals surface area contributed by atoms with Crippen LogP contribution in [-0.2, 0) is 0 Å². The molecule has 1 aromatic rings. The third-order valence-corrected chi connectivity index (χ3v) is 5.36. The number of halogens is 1. The molecule has 0 amide bonds. The van der Waals surface area contributed by atoms with E-state index in [4.69, 9.17) is 16.3 Å². The van der Waals surface area contributed by atoms with Gasteiger partial charge in [-0.05, 0) is 46.1 Å². The molecule has 1 aromatic carbocycles. The summed E-state index contributed by atoms with van der Waals surface area (Å²) in [6.45, 7) is 2.24. The van der Waals surface area contributed by atoms with Gasteiger partial charge in [0.25, 0.3) is 0 Å². The van der Waals surface area contributed by atoms with E-state index in [1.54, 1.807) is 0 Å². The van der Waals surface area contributed by atoms with Crippen molar-refractivity contribution in [1.29, 1.82) is 0 Å². The van der Waals surface area contributed by atoms with Crippen LogP contribution in [0.1, 0.15) is 12.8 Å². The summed E-state index contributed by atoms with van der Waals surface area (Å²) < 4.78 is 6.40. The summed E-state index contributed by atoms with van der Waals surface area (Å²) in [6.07, 6.45) is 2.79. The van der Waals surface area contributed by atoms with Gasteiger partial charge in [-0.2, -0.15) is 0 Å². The van der Waals surface area contributed by atoms with Crippen molar-refractivity contribution >= 4 is 11.6 Å². The highest BCUT2D eigenvalue weighted by Gasteiger charge is 2.45. The Bertz CT molecular complexity index is 493. The van der Waals surface area contributed by atoms with E-state index in [9.17, 15) is 0 Å². The molecule has 2 fully saturated rings. The predicted octanol–water partition coefficient (Wildman–Crippen LogP) is 2.99. The summed E-state index contributed by atoms with van der Waals surface area (Å²) >= 11 is 6.28. The molecular formula is C17H25ClN2O. The Morgan fingerprint density at radius 3 is 2.67 bits per heavy atom. The van der Waals surface area contributed by atoms with Gasteiger partial charge < -0.3 is 14.5 Å². The molecule has 1 aliphatic heterocycles. The van der Waals surface area contributed by atoms with Crippen molar-refractivity contribution in [1.82, 2.24) is 9.80 Å². The van der Waals surface area contributed by atoms with Crippen LogP contribution < -0.4 is 4.74 Å². The monoisotopic (exact) mass is 308 g/mol. The van der Waals surface area contributed by atoms with Gasteiger partial charge in [0.2, 0.25) is 0 Å². The SMILES string of the molecule is CN1CC2CC[C@@H](N(C)C)C(C1)[C@@H]2Oc1ccccc1Cl. The zero-order chi connectivity index (χ0) is 15.0. The van der Waals surface area contributed by atoms with Crippen molar-refractivity contribution in [2.45, 2.75) is 25.0 Å². The molecule has 0 aromatic heterocycles. The Balaban J connectivity index is 1.84. The summed E-state index contributed by atoms with van der Waals surface area (Å²) in [6, 6.07) is 8.44. The molecule has 4 heteroatoms. The summed E-state index contributed by atoms with van der Waals surface area (Å²) in [4.78, 5) is 4.82. The van der Waals surface area contributed by atoms with Crippen molar-refractivity contribution in [2.24, 2.45) is 11.8 Å². The van der Waals surface area contributed by atoms with Gasteiger partial charge in [-0.3, -0.25) is 0 Å². The molecule has 1 heterocycles. The molecule has 2 bridgehead atoms. The first-order valence-corrected chi connectivity index (χ1v) is 8.20. The largest absolute Gasteiger partial charge is 0.488 e. The summed E-state index contributed by atoms with van der Waals surface area (Å²) in [5.74, 6) is 2.00. The zero-order valence-electron chi connectivity index (χ0n) is 13.1. The van der Waals surface area contributed by atoms with E-state index in [0.717, 1.165) is 23.9 Å². The van der Waals surface area contributed by atoms with Crippen LogP contribution in [0.4, 0.5) is 0 Å². The number of nitrogens with zero attached hydrogens (tertiary/aromatic N) is 2. The number of piperidine rings is 1. The molecule has 2 unspecified atom stereocenters. The van der Waals surface area contributed by atoms with Crippen molar-refractivity contribution in [3.8, 4) is 5.75 Å². The summed E-state index contributed by atoms with van der Waals surface area (Å²) in [5.41, 5.74) is 0. The van der Waals surface area contributed by atoms with Crippen LogP contribution in [0.5, 0.6) is 5.75 Å². The first-order valence-electron chi connectivity index (χ1n) is 7.82. The molecule has 116 valence electrons. The maximum Gasteiger partial charge on any atom is 0.138 e. The Labute approximate surface area is 132 Å². The quantitative estimate of drug-likeness (QED) is 0.854. The maximum atomic E-state index is 6.40. The van der Waals surface area contributed by atoms with Gasteiger partial charge >= 0.3 is 0 Å². The third-order valence-electron chi connectivity index (χ3n) is 5.05. The van der Waals surface area contributed by atoms with E-state index in [2.05, 4.69) is 30.9 Å². The van der Waals surface area contributed by atoms with E-state index in [1.807, 2.05) is 24.3 Å². The van der Waals surface area contributed by atoms with Gasteiger partial charge in [0, 0.05) is 31.0 Å². The highest BCUT2D eigenvalue weighted by Crippen LogP contribution is 2.39. The van der Waals surface area contributed by atoms with Crippen molar-refractivity contribution < 1.29 is 4.74 Å². The van der Waals surface area contributed by atoms with Crippen LogP contribution in [-0.4, -0.2) is 56.2 Å². The average Bonchev–Trinajstić information content (AvgIpc) is 2.42. The lowest BCUT2D eigenvalue weighted by molar-refractivity contribution is -0.0621. The van der Waals surface area contributed by atoms with E-state index in [1.165, 1.54) is 12.8 Å². The van der Waals surface area contributed by atoms with Crippen LogP contribution >= 0.6 is 11.6 Å². The molecule has 0 N–H and O–H groups in total. The number of rotatable bonds is 3. The van der Waals surface area contributed by atoms with Crippen molar-refractivity contribution in [3.63, 3.8) is 0 Å². The average molecular weight is 309 g/mol. The zero-order valence-corrected chi connectivity index (χ0v) is 13.9. The van der Waals surface area contributed by atoms with Crippen molar-refractivity contribution in [3.05, 3.63) is 29.3 Å². The highest BCUT2D eigenvalue weighted by atomic mass is 35.5. The topological polar surface area (TPSA) is 15.7 Å². The second-order valence-electron chi connectivity index (χ2n) is 6.77. The lowest BCUT2D eigenvalue weighted by atomic mass is 9.72. The minimum Gasteiger partial charge on any atom is -0.488 e. The van der Waals surface area contributed by atoms with E-state index < -0.39 is 0 Å². The second-order valence-corrected chi connectivity index (χ2v) is 7.17. The fourth-order valence-corrected chi connectivity index (χ4v) is 4.28. The fourth-order valence-electron chi connectivity index (χ4n) is 4.10. The normalized spacial score (nSPS) is 33.2.